The second kappa shape index (κ2) is 7.71. The standard InChI is InChI=1S/C19H18F3N3O4S/c1-4-30(27,28)16-8-14(29-11(2)3)10-23-17(16)25-18(26)15-7-13(19(20,21)22)6-5-12(15)9-24-25/h5-11H,4H2,1-3H3. The second-order valence-corrected chi connectivity index (χ2v) is 8.97. The summed E-state index contributed by atoms with van der Waals surface area (Å²) in [6.07, 6.45) is -2.48. The minimum Gasteiger partial charge on any atom is -0.489 e. The molecule has 0 spiro atoms. The lowest BCUT2D eigenvalue weighted by molar-refractivity contribution is -0.137. The number of hydrogen-bond donors (Lipinski definition) is 0. The molecular formula is C19H18F3N3O4S. The summed E-state index contributed by atoms with van der Waals surface area (Å²) in [6, 6.07) is 3.91. The van der Waals surface area contributed by atoms with E-state index in [4.69, 9.17) is 4.74 Å². The number of fused-ring (bicyclic) bond motifs is 1. The summed E-state index contributed by atoms with van der Waals surface area (Å²) in [6.45, 7) is 4.91. The van der Waals surface area contributed by atoms with Crippen LogP contribution in [0.25, 0.3) is 16.6 Å². The molecule has 7 nitrogen and oxygen atoms in total. The molecule has 3 rings (SSSR count). The quantitative estimate of drug-likeness (QED) is 0.603. The molecule has 0 aliphatic carbocycles. The molecule has 0 bridgehead atoms. The van der Waals surface area contributed by atoms with Gasteiger partial charge in [0.25, 0.3) is 5.56 Å². The third kappa shape index (κ3) is 4.16. The molecule has 11 heteroatoms. The normalized spacial score (nSPS) is 12.5. The average Bonchev–Trinajstić information content (AvgIpc) is 2.67. The third-order valence-electron chi connectivity index (χ3n) is 4.21. The van der Waals surface area contributed by atoms with Crippen molar-refractivity contribution >= 4 is 20.6 Å². The molecule has 0 aliphatic heterocycles. The van der Waals surface area contributed by atoms with Gasteiger partial charge in [0.1, 0.15) is 10.6 Å². The largest absolute Gasteiger partial charge is 0.489 e. The number of halogens is 3. The maximum atomic E-state index is 13.1. The van der Waals surface area contributed by atoms with Crippen LogP contribution >= 0.6 is 0 Å². The lowest BCUT2D eigenvalue weighted by Crippen LogP contribution is -2.25. The molecule has 1 aromatic carbocycles. The number of aromatic nitrogens is 3. The van der Waals surface area contributed by atoms with Crippen molar-refractivity contribution in [2.75, 3.05) is 5.75 Å². The fraction of sp³-hybridized carbons (Fsp3) is 0.316. The molecular weight excluding hydrogens is 423 g/mol. The first-order valence-corrected chi connectivity index (χ1v) is 10.6. The SMILES string of the molecule is CCS(=O)(=O)c1cc(OC(C)C)cnc1-n1ncc2ccc(C(F)(F)F)cc2c1=O. The predicted octanol–water partition coefficient (Wildman–Crippen LogP) is 3.38. The van der Waals surface area contributed by atoms with Crippen LogP contribution in [0, 0.1) is 0 Å². The zero-order chi connectivity index (χ0) is 22.3. The first-order chi connectivity index (χ1) is 13.9. The van der Waals surface area contributed by atoms with E-state index in [0.717, 1.165) is 12.1 Å². The Bertz CT molecular complexity index is 1270. The van der Waals surface area contributed by atoms with Crippen LogP contribution in [-0.2, 0) is 16.0 Å². The van der Waals surface area contributed by atoms with Crippen molar-refractivity contribution in [2.45, 2.75) is 37.9 Å². The van der Waals surface area contributed by atoms with E-state index in [1.807, 2.05) is 0 Å². The molecule has 160 valence electrons. The highest BCUT2D eigenvalue weighted by Crippen LogP contribution is 2.31. The summed E-state index contributed by atoms with van der Waals surface area (Å²) in [5, 5.41) is 3.85. The molecule has 0 atom stereocenters. The van der Waals surface area contributed by atoms with Gasteiger partial charge in [-0.15, -0.1) is 0 Å². The highest BCUT2D eigenvalue weighted by molar-refractivity contribution is 7.91. The Labute approximate surface area is 170 Å². The molecule has 0 saturated heterocycles. The van der Waals surface area contributed by atoms with Gasteiger partial charge in [-0.3, -0.25) is 4.79 Å². The summed E-state index contributed by atoms with van der Waals surface area (Å²) >= 11 is 0. The van der Waals surface area contributed by atoms with E-state index in [-0.39, 0.29) is 39.1 Å². The second-order valence-electron chi connectivity index (χ2n) is 6.72. The van der Waals surface area contributed by atoms with Crippen molar-refractivity contribution in [1.29, 1.82) is 0 Å². The predicted molar refractivity (Wildman–Crippen MR) is 104 cm³/mol. The fourth-order valence-electron chi connectivity index (χ4n) is 2.77. The Morgan fingerprint density at radius 1 is 1.17 bits per heavy atom. The number of benzene rings is 1. The molecule has 0 unspecified atom stereocenters. The summed E-state index contributed by atoms with van der Waals surface area (Å²) in [5.74, 6) is -0.417. The van der Waals surface area contributed by atoms with Gasteiger partial charge < -0.3 is 4.74 Å². The van der Waals surface area contributed by atoms with Gasteiger partial charge >= 0.3 is 6.18 Å². The maximum Gasteiger partial charge on any atom is 0.416 e. The number of alkyl halides is 3. The molecule has 0 N–H and O–H groups in total. The van der Waals surface area contributed by atoms with E-state index < -0.39 is 27.1 Å². The molecule has 2 aromatic heterocycles. The van der Waals surface area contributed by atoms with E-state index in [2.05, 4.69) is 10.1 Å². The Balaban J connectivity index is 2.29. The van der Waals surface area contributed by atoms with Crippen LogP contribution in [0.15, 0.2) is 46.3 Å². The van der Waals surface area contributed by atoms with Crippen molar-refractivity contribution in [1.82, 2.24) is 14.8 Å². The van der Waals surface area contributed by atoms with Gasteiger partial charge in [0.2, 0.25) is 0 Å². The Kier molecular flexibility index (Phi) is 5.59. The topological polar surface area (TPSA) is 91.2 Å². The first kappa shape index (κ1) is 21.8. The van der Waals surface area contributed by atoms with E-state index in [0.29, 0.717) is 10.7 Å². The lowest BCUT2D eigenvalue weighted by atomic mass is 10.1. The summed E-state index contributed by atoms with van der Waals surface area (Å²) in [4.78, 5) is 16.6. The van der Waals surface area contributed by atoms with Crippen molar-refractivity contribution in [3.8, 4) is 11.6 Å². The number of pyridine rings is 1. The van der Waals surface area contributed by atoms with Crippen molar-refractivity contribution in [3.63, 3.8) is 0 Å². The van der Waals surface area contributed by atoms with Gasteiger partial charge in [-0.05, 0) is 26.0 Å². The van der Waals surface area contributed by atoms with Crippen LogP contribution in [-0.4, -0.2) is 35.0 Å². The Morgan fingerprint density at radius 3 is 2.47 bits per heavy atom. The Morgan fingerprint density at radius 2 is 1.87 bits per heavy atom. The minimum absolute atomic E-state index is 0.175. The first-order valence-electron chi connectivity index (χ1n) is 8.93. The van der Waals surface area contributed by atoms with E-state index >= 15 is 0 Å². The summed E-state index contributed by atoms with van der Waals surface area (Å²) < 4.78 is 70.5. The number of hydrogen-bond acceptors (Lipinski definition) is 6. The van der Waals surface area contributed by atoms with Crippen molar-refractivity contribution in [2.24, 2.45) is 0 Å². The van der Waals surface area contributed by atoms with E-state index in [9.17, 15) is 26.4 Å². The molecule has 0 amide bonds. The summed E-state index contributed by atoms with van der Waals surface area (Å²) in [7, 11) is -3.86. The van der Waals surface area contributed by atoms with Gasteiger partial charge in [-0.25, -0.2) is 13.4 Å². The average molecular weight is 441 g/mol. The van der Waals surface area contributed by atoms with Gasteiger partial charge in [0.05, 0.1) is 35.2 Å². The molecule has 0 aliphatic rings. The summed E-state index contributed by atoms with van der Waals surface area (Å²) in [5.41, 5.74) is -1.92. The monoisotopic (exact) mass is 441 g/mol. The van der Waals surface area contributed by atoms with Crippen LogP contribution in [0.1, 0.15) is 26.3 Å². The minimum atomic E-state index is -4.64. The van der Waals surface area contributed by atoms with Crippen LogP contribution in [0.4, 0.5) is 13.2 Å². The highest BCUT2D eigenvalue weighted by Gasteiger charge is 2.31. The smallest absolute Gasteiger partial charge is 0.416 e. The van der Waals surface area contributed by atoms with Crippen molar-refractivity contribution < 1.29 is 26.3 Å². The van der Waals surface area contributed by atoms with Crippen LogP contribution < -0.4 is 10.3 Å². The molecule has 0 radical (unpaired) electrons. The highest BCUT2D eigenvalue weighted by atomic mass is 32.2. The van der Waals surface area contributed by atoms with Crippen LogP contribution in [0.2, 0.25) is 0 Å². The lowest BCUT2D eigenvalue weighted by Gasteiger charge is -2.14. The van der Waals surface area contributed by atoms with E-state index in [1.54, 1.807) is 13.8 Å². The molecule has 30 heavy (non-hydrogen) atoms. The van der Waals surface area contributed by atoms with Gasteiger partial charge in [0.15, 0.2) is 15.7 Å². The van der Waals surface area contributed by atoms with Crippen LogP contribution in [0.3, 0.4) is 0 Å². The molecule has 2 heterocycles. The number of nitrogens with zero attached hydrogens (tertiary/aromatic N) is 3. The number of sulfone groups is 1. The molecule has 3 aromatic rings. The van der Waals surface area contributed by atoms with Gasteiger partial charge in [-0.1, -0.05) is 13.0 Å². The number of rotatable bonds is 5. The Hall–Kier alpha value is -2.95. The fourth-order valence-corrected chi connectivity index (χ4v) is 3.79. The van der Waals surface area contributed by atoms with Crippen LogP contribution in [0.5, 0.6) is 5.75 Å². The zero-order valence-electron chi connectivity index (χ0n) is 16.3. The third-order valence-corrected chi connectivity index (χ3v) is 5.94. The molecule has 0 fully saturated rings. The van der Waals surface area contributed by atoms with Gasteiger partial charge in [0, 0.05) is 11.5 Å². The maximum absolute atomic E-state index is 13.1. The zero-order valence-corrected chi connectivity index (χ0v) is 17.1. The van der Waals surface area contributed by atoms with Gasteiger partial charge in [-0.2, -0.15) is 23.0 Å². The van der Waals surface area contributed by atoms with E-state index in [1.165, 1.54) is 25.4 Å². The van der Waals surface area contributed by atoms with Crippen molar-refractivity contribution in [3.05, 3.63) is 52.6 Å². The number of ether oxygens (including phenoxy) is 1. The molecule has 0 saturated carbocycles.